The van der Waals surface area contributed by atoms with Crippen molar-refractivity contribution in [3.63, 3.8) is 0 Å². The Morgan fingerprint density at radius 3 is 2.32 bits per heavy atom. The van der Waals surface area contributed by atoms with Crippen molar-refractivity contribution in [3.8, 4) is 0 Å². The van der Waals surface area contributed by atoms with Crippen LogP contribution in [0.1, 0.15) is 37.7 Å². The quantitative estimate of drug-likeness (QED) is 0.663. The molecule has 3 rings (SSSR count). The average molecular weight is 301 g/mol. The van der Waals surface area contributed by atoms with Crippen LogP contribution >= 0.6 is 0 Å². The van der Waals surface area contributed by atoms with Crippen molar-refractivity contribution in [3.05, 3.63) is 23.9 Å². The molecule has 5 nitrogen and oxygen atoms in total. The lowest BCUT2D eigenvalue weighted by atomic mass is 9.93. The molecule has 0 bridgehead atoms. The number of aliphatic imine (C=N–C) groups is 1. The molecule has 2 N–H and O–H groups in total. The van der Waals surface area contributed by atoms with Gasteiger partial charge in [-0.25, -0.2) is 4.98 Å². The van der Waals surface area contributed by atoms with Gasteiger partial charge in [0.25, 0.3) is 0 Å². The molecule has 0 aromatic carbocycles. The van der Waals surface area contributed by atoms with E-state index in [0.29, 0.717) is 12.1 Å². The molecule has 5 heteroatoms. The lowest BCUT2D eigenvalue weighted by Gasteiger charge is -2.35. The Balaban J connectivity index is 1.47. The van der Waals surface area contributed by atoms with Crippen LogP contribution in [0.25, 0.3) is 0 Å². The van der Waals surface area contributed by atoms with Crippen LogP contribution in [0.5, 0.6) is 0 Å². The number of hydrogen-bond acceptors (Lipinski definition) is 3. The van der Waals surface area contributed by atoms with Crippen molar-refractivity contribution in [2.75, 3.05) is 25.0 Å². The summed E-state index contributed by atoms with van der Waals surface area (Å²) >= 11 is 0. The van der Waals surface area contributed by atoms with Crippen LogP contribution in [-0.4, -0.2) is 43.2 Å². The summed E-state index contributed by atoms with van der Waals surface area (Å²) in [7, 11) is 1.86. The molecule has 1 saturated carbocycles. The molecule has 0 radical (unpaired) electrons. The zero-order valence-corrected chi connectivity index (χ0v) is 13.7. The third-order valence-electron chi connectivity index (χ3n) is 4.73. The Hall–Kier alpha value is -1.78. The van der Waals surface area contributed by atoms with E-state index in [9.17, 15) is 0 Å². The fourth-order valence-corrected chi connectivity index (χ4v) is 3.01. The number of nitrogens with zero attached hydrogens (tertiary/aromatic N) is 3. The number of aryl methyl sites for hydroxylation is 1. The summed E-state index contributed by atoms with van der Waals surface area (Å²) < 4.78 is 0. The SMILES string of the molecule is CN=C(NC1CCC1)NC1CCN(c2ccc(C)cn2)CC1. The zero-order chi connectivity index (χ0) is 15.4. The molecule has 0 unspecified atom stereocenters. The number of hydrogen-bond donors (Lipinski definition) is 2. The van der Waals surface area contributed by atoms with Crippen LogP contribution in [-0.2, 0) is 0 Å². The molecule has 1 saturated heterocycles. The normalized spacial score (nSPS) is 20.6. The summed E-state index contributed by atoms with van der Waals surface area (Å²) in [5, 5.41) is 7.09. The molecule has 0 spiro atoms. The molecule has 2 aliphatic rings. The number of piperidine rings is 1. The van der Waals surface area contributed by atoms with Crippen molar-refractivity contribution in [1.82, 2.24) is 15.6 Å². The van der Waals surface area contributed by atoms with Gasteiger partial charge in [0.1, 0.15) is 5.82 Å². The first kappa shape index (κ1) is 15.1. The van der Waals surface area contributed by atoms with E-state index in [1.165, 1.54) is 24.8 Å². The number of pyridine rings is 1. The van der Waals surface area contributed by atoms with Gasteiger partial charge in [-0.2, -0.15) is 0 Å². The van der Waals surface area contributed by atoms with Crippen LogP contribution < -0.4 is 15.5 Å². The maximum Gasteiger partial charge on any atom is 0.191 e. The molecular formula is C17H27N5. The second kappa shape index (κ2) is 6.99. The molecule has 0 amide bonds. The van der Waals surface area contributed by atoms with Gasteiger partial charge in [0, 0.05) is 38.4 Å². The first-order chi connectivity index (χ1) is 10.7. The standard InChI is InChI=1S/C17H27N5/c1-13-6-7-16(19-12-13)22-10-8-15(9-11-22)21-17(18-2)20-14-4-3-5-14/h6-7,12,14-15H,3-5,8-11H2,1-2H3,(H2,18,20,21). The summed E-state index contributed by atoms with van der Waals surface area (Å²) in [6.07, 6.45) is 8.10. The van der Waals surface area contributed by atoms with E-state index < -0.39 is 0 Å². The minimum atomic E-state index is 0.507. The monoisotopic (exact) mass is 301 g/mol. The molecule has 0 atom stereocenters. The molecule has 22 heavy (non-hydrogen) atoms. The molecule has 1 aliphatic heterocycles. The Kier molecular flexibility index (Phi) is 4.80. The highest BCUT2D eigenvalue weighted by molar-refractivity contribution is 5.80. The maximum atomic E-state index is 4.53. The minimum Gasteiger partial charge on any atom is -0.356 e. The molecule has 1 aromatic rings. The third kappa shape index (κ3) is 3.70. The van der Waals surface area contributed by atoms with E-state index in [4.69, 9.17) is 0 Å². The van der Waals surface area contributed by atoms with Crippen LogP contribution in [0.2, 0.25) is 0 Å². The third-order valence-corrected chi connectivity index (χ3v) is 4.73. The second-order valence-electron chi connectivity index (χ2n) is 6.44. The first-order valence-electron chi connectivity index (χ1n) is 8.42. The van der Waals surface area contributed by atoms with Crippen LogP contribution in [0, 0.1) is 6.92 Å². The van der Waals surface area contributed by atoms with Gasteiger partial charge in [-0.1, -0.05) is 6.07 Å². The van der Waals surface area contributed by atoms with Crippen molar-refractivity contribution < 1.29 is 0 Å². The highest BCUT2D eigenvalue weighted by Crippen LogP contribution is 2.19. The van der Waals surface area contributed by atoms with E-state index in [0.717, 1.165) is 37.7 Å². The fraction of sp³-hybridized carbons (Fsp3) is 0.647. The molecular weight excluding hydrogens is 274 g/mol. The van der Waals surface area contributed by atoms with Gasteiger partial charge in [0.05, 0.1) is 0 Å². The van der Waals surface area contributed by atoms with Crippen LogP contribution in [0.3, 0.4) is 0 Å². The van der Waals surface area contributed by atoms with E-state index >= 15 is 0 Å². The predicted octanol–water partition coefficient (Wildman–Crippen LogP) is 2.08. The highest BCUT2D eigenvalue weighted by Gasteiger charge is 2.23. The minimum absolute atomic E-state index is 0.507. The van der Waals surface area contributed by atoms with Gasteiger partial charge in [-0.15, -0.1) is 0 Å². The van der Waals surface area contributed by atoms with Gasteiger partial charge in [0.2, 0.25) is 0 Å². The number of guanidine groups is 1. The second-order valence-corrected chi connectivity index (χ2v) is 6.44. The van der Waals surface area contributed by atoms with E-state index in [-0.39, 0.29) is 0 Å². The van der Waals surface area contributed by atoms with Crippen LogP contribution in [0.4, 0.5) is 5.82 Å². The molecule has 1 aromatic heterocycles. The lowest BCUT2D eigenvalue weighted by Crippen LogP contribution is -2.52. The van der Waals surface area contributed by atoms with Crippen molar-refractivity contribution in [1.29, 1.82) is 0 Å². The molecule has 120 valence electrons. The smallest absolute Gasteiger partial charge is 0.191 e. The Morgan fingerprint density at radius 1 is 1.14 bits per heavy atom. The Morgan fingerprint density at radius 2 is 1.82 bits per heavy atom. The molecule has 2 heterocycles. The first-order valence-corrected chi connectivity index (χ1v) is 8.42. The maximum absolute atomic E-state index is 4.53. The Bertz CT molecular complexity index is 498. The number of nitrogens with one attached hydrogen (secondary N) is 2. The van der Waals surface area contributed by atoms with E-state index in [1.807, 2.05) is 13.2 Å². The fourth-order valence-electron chi connectivity index (χ4n) is 3.01. The lowest BCUT2D eigenvalue weighted by molar-refractivity contribution is 0.374. The predicted molar refractivity (Wildman–Crippen MR) is 91.5 cm³/mol. The van der Waals surface area contributed by atoms with Crippen LogP contribution in [0.15, 0.2) is 23.3 Å². The number of aromatic nitrogens is 1. The summed E-state index contributed by atoms with van der Waals surface area (Å²) in [6.45, 7) is 4.18. The number of anilines is 1. The van der Waals surface area contributed by atoms with Crippen molar-refractivity contribution >= 4 is 11.8 Å². The highest BCUT2D eigenvalue weighted by atomic mass is 15.2. The largest absolute Gasteiger partial charge is 0.356 e. The molecule has 2 fully saturated rings. The average Bonchev–Trinajstić information content (AvgIpc) is 2.51. The van der Waals surface area contributed by atoms with E-state index in [1.54, 1.807) is 0 Å². The summed E-state index contributed by atoms with van der Waals surface area (Å²) in [5.41, 5.74) is 1.21. The summed E-state index contributed by atoms with van der Waals surface area (Å²) in [6, 6.07) is 5.40. The van der Waals surface area contributed by atoms with Crippen molar-refractivity contribution in [2.45, 2.75) is 51.1 Å². The van der Waals surface area contributed by atoms with Gasteiger partial charge >= 0.3 is 0 Å². The number of rotatable bonds is 3. The zero-order valence-electron chi connectivity index (χ0n) is 13.7. The van der Waals surface area contributed by atoms with Gasteiger partial charge in [0.15, 0.2) is 5.96 Å². The van der Waals surface area contributed by atoms with Gasteiger partial charge in [-0.05, 0) is 50.7 Å². The van der Waals surface area contributed by atoms with Gasteiger partial charge in [-0.3, -0.25) is 4.99 Å². The topological polar surface area (TPSA) is 52.6 Å². The van der Waals surface area contributed by atoms with E-state index in [2.05, 4.69) is 44.6 Å². The Labute approximate surface area is 133 Å². The summed E-state index contributed by atoms with van der Waals surface area (Å²) in [4.78, 5) is 11.3. The molecule has 1 aliphatic carbocycles. The summed E-state index contributed by atoms with van der Waals surface area (Å²) in [5.74, 6) is 2.07. The van der Waals surface area contributed by atoms with Crippen molar-refractivity contribution in [2.24, 2.45) is 4.99 Å². The van der Waals surface area contributed by atoms with Gasteiger partial charge < -0.3 is 15.5 Å².